The molecular formula is C17H23FN2O3. The van der Waals surface area contributed by atoms with Crippen molar-refractivity contribution in [2.45, 2.75) is 32.2 Å². The van der Waals surface area contributed by atoms with E-state index in [2.05, 4.69) is 0 Å². The van der Waals surface area contributed by atoms with Crippen LogP contribution in [-0.2, 0) is 4.79 Å². The Morgan fingerprint density at radius 2 is 2.09 bits per heavy atom. The summed E-state index contributed by atoms with van der Waals surface area (Å²) < 4.78 is 14.0. The van der Waals surface area contributed by atoms with Crippen LogP contribution in [0.5, 0.6) is 0 Å². The van der Waals surface area contributed by atoms with Gasteiger partial charge in [0.2, 0.25) is 0 Å². The number of carboxylic acid groups (broad SMARTS) is 1. The summed E-state index contributed by atoms with van der Waals surface area (Å²) in [7, 11) is 1.79. The quantitative estimate of drug-likeness (QED) is 0.923. The Balaban J connectivity index is 2.02. The number of aryl methyl sites for hydroxylation is 1. The van der Waals surface area contributed by atoms with E-state index in [9.17, 15) is 14.0 Å². The van der Waals surface area contributed by atoms with Crippen LogP contribution in [0.3, 0.4) is 0 Å². The molecule has 1 aliphatic rings. The third kappa shape index (κ3) is 4.51. The maximum atomic E-state index is 14.0. The van der Waals surface area contributed by atoms with Gasteiger partial charge < -0.3 is 10.0 Å². The lowest BCUT2D eigenvalue weighted by Gasteiger charge is -2.25. The summed E-state index contributed by atoms with van der Waals surface area (Å²) in [6, 6.07) is 4.77. The number of carboxylic acids is 1. The van der Waals surface area contributed by atoms with Crippen molar-refractivity contribution in [1.29, 1.82) is 0 Å². The molecule has 1 aliphatic heterocycles. The zero-order valence-electron chi connectivity index (χ0n) is 13.6. The Morgan fingerprint density at radius 3 is 2.74 bits per heavy atom. The Morgan fingerprint density at radius 1 is 1.35 bits per heavy atom. The molecule has 1 fully saturated rings. The molecule has 0 spiro atoms. The number of carbonyl (C=O) groups is 2. The molecule has 1 unspecified atom stereocenters. The number of halogens is 1. The molecule has 0 radical (unpaired) electrons. The zero-order chi connectivity index (χ0) is 17.0. The normalized spacial score (nSPS) is 18.8. The molecule has 1 heterocycles. The first-order valence-electron chi connectivity index (χ1n) is 7.86. The molecule has 126 valence electrons. The van der Waals surface area contributed by atoms with E-state index in [1.807, 2.05) is 4.90 Å². The smallest absolute Gasteiger partial charge is 0.317 e. The third-order valence-electron chi connectivity index (χ3n) is 4.35. The molecule has 1 saturated heterocycles. The van der Waals surface area contributed by atoms with E-state index in [0.29, 0.717) is 19.5 Å². The summed E-state index contributed by atoms with van der Waals surface area (Å²) in [4.78, 5) is 26.8. The molecular weight excluding hydrogens is 299 g/mol. The highest BCUT2D eigenvalue weighted by atomic mass is 19.1. The Hall–Kier alpha value is -1.95. The van der Waals surface area contributed by atoms with Crippen LogP contribution in [0.25, 0.3) is 0 Å². The first-order chi connectivity index (χ1) is 10.9. The number of aliphatic carboxylic acids is 1. The van der Waals surface area contributed by atoms with Crippen LogP contribution >= 0.6 is 0 Å². The number of amides is 1. The van der Waals surface area contributed by atoms with Crippen molar-refractivity contribution in [3.05, 3.63) is 35.1 Å². The molecule has 2 rings (SSSR count). The molecule has 1 atom stereocenters. The molecule has 1 aromatic carbocycles. The minimum atomic E-state index is -0.855. The van der Waals surface area contributed by atoms with E-state index in [1.165, 1.54) is 12.1 Å². The molecule has 6 heteroatoms. The fourth-order valence-electron chi connectivity index (χ4n) is 3.03. The van der Waals surface area contributed by atoms with E-state index in [-0.39, 0.29) is 24.1 Å². The van der Waals surface area contributed by atoms with E-state index < -0.39 is 11.8 Å². The van der Waals surface area contributed by atoms with Gasteiger partial charge in [-0.15, -0.1) is 0 Å². The van der Waals surface area contributed by atoms with Crippen molar-refractivity contribution in [2.24, 2.45) is 0 Å². The maximum absolute atomic E-state index is 14.0. The molecule has 23 heavy (non-hydrogen) atoms. The number of nitrogens with zero attached hydrogens (tertiary/aromatic N) is 2. The van der Waals surface area contributed by atoms with Crippen LogP contribution in [-0.4, -0.2) is 59.5 Å². The van der Waals surface area contributed by atoms with Gasteiger partial charge in [0.15, 0.2) is 0 Å². The SMILES string of the molecule is Cc1ccc(C(=O)N2CCCC(N(C)CC(=O)O)CC2)c(F)c1. The maximum Gasteiger partial charge on any atom is 0.317 e. The zero-order valence-corrected chi connectivity index (χ0v) is 13.6. The van der Waals surface area contributed by atoms with Gasteiger partial charge in [-0.1, -0.05) is 6.07 Å². The summed E-state index contributed by atoms with van der Waals surface area (Å²) in [5.74, 6) is -1.63. The van der Waals surface area contributed by atoms with Gasteiger partial charge in [0.25, 0.3) is 5.91 Å². The highest BCUT2D eigenvalue weighted by Gasteiger charge is 2.25. The van der Waals surface area contributed by atoms with Gasteiger partial charge in [-0.25, -0.2) is 4.39 Å². The predicted molar refractivity (Wildman–Crippen MR) is 84.9 cm³/mol. The van der Waals surface area contributed by atoms with Gasteiger partial charge in [0.1, 0.15) is 5.82 Å². The minimum Gasteiger partial charge on any atom is -0.480 e. The van der Waals surface area contributed by atoms with Crippen molar-refractivity contribution in [3.63, 3.8) is 0 Å². The molecule has 1 aromatic rings. The Labute approximate surface area is 135 Å². The first-order valence-corrected chi connectivity index (χ1v) is 7.86. The first kappa shape index (κ1) is 17.4. The summed E-state index contributed by atoms with van der Waals surface area (Å²) >= 11 is 0. The minimum absolute atomic E-state index is 0.00873. The van der Waals surface area contributed by atoms with Gasteiger partial charge in [0, 0.05) is 19.1 Å². The number of rotatable bonds is 4. The number of benzene rings is 1. The van der Waals surface area contributed by atoms with Crippen molar-refractivity contribution < 1.29 is 19.1 Å². The fraction of sp³-hybridized carbons (Fsp3) is 0.529. The number of carbonyl (C=O) groups excluding carboxylic acids is 1. The summed E-state index contributed by atoms with van der Waals surface area (Å²) in [6.07, 6.45) is 2.32. The molecule has 0 aromatic heterocycles. The van der Waals surface area contributed by atoms with Crippen molar-refractivity contribution >= 4 is 11.9 Å². The molecule has 5 nitrogen and oxygen atoms in total. The summed E-state index contributed by atoms with van der Waals surface area (Å²) in [5, 5.41) is 8.88. The highest BCUT2D eigenvalue weighted by molar-refractivity contribution is 5.94. The monoisotopic (exact) mass is 322 g/mol. The number of hydrogen-bond donors (Lipinski definition) is 1. The van der Waals surface area contributed by atoms with E-state index >= 15 is 0 Å². The second-order valence-electron chi connectivity index (χ2n) is 6.17. The summed E-state index contributed by atoms with van der Waals surface area (Å²) in [5.41, 5.74) is 0.887. The van der Waals surface area contributed by atoms with Gasteiger partial charge >= 0.3 is 5.97 Å². The molecule has 1 amide bonds. The number of likely N-dealkylation sites (N-methyl/N-ethyl adjacent to an activating group) is 1. The fourth-order valence-corrected chi connectivity index (χ4v) is 3.03. The predicted octanol–water partition coefficient (Wildman–Crippen LogP) is 2.15. The average molecular weight is 322 g/mol. The van der Waals surface area contributed by atoms with Crippen molar-refractivity contribution in [3.8, 4) is 0 Å². The van der Waals surface area contributed by atoms with Crippen molar-refractivity contribution in [2.75, 3.05) is 26.7 Å². The van der Waals surface area contributed by atoms with Crippen LogP contribution in [0, 0.1) is 12.7 Å². The lowest BCUT2D eigenvalue weighted by Crippen LogP contribution is -2.37. The van der Waals surface area contributed by atoms with Gasteiger partial charge in [0.05, 0.1) is 12.1 Å². The lowest BCUT2D eigenvalue weighted by molar-refractivity contribution is -0.138. The topological polar surface area (TPSA) is 60.9 Å². The third-order valence-corrected chi connectivity index (χ3v) is 4.35. The number of likely N-dealkylation sites (tertiary alicyclic amines) is 1. The molecule has 0 aliphatic carbocycles. The lowest BCUT2D eigenvalue weighted by atomic mass is 10.1. The van der Waals surface area contributed by atoms with E-state index in [0.717, 1.165) is 18.4 Å². The number of hydrogen-bond acceptors (Lipinski definition) is 3. The van der Waals surface area contributed by atoms with Crippen LogP contribution in [0.1, 0.15) is 35.2 Å². The summed E-state index contributed by atoms with van der Waals surface area (Å²) in [6.45, 7) is 2.86. The van der Waals surface area contributed by atoms with Crippen molar-refractivity contribution in [1.82, 2.24) is 9.80 Å². The highest BCUT2D eigenvalue weighted by Crippen LogP contribution is 2.19. The second-order valence-corrected chi connectivity index (χ2v) is 6.17. The van der Waals surface area contributed by atoms with E-state index in [4.69, 9.17) is 5.11 Å². The van der Waals surface area contributed by atoms with Crippen LogP contribution in [0.4, 0.5) is 4.39 Å². The largest absolute Gasteiger partial charge is 0.480 e. The van der Waals surface area contributed by atoms with Gasteiger partial charge in [-0.2, -0.15) is 0 Å². The van der Waals surface area contributed by atoms with E-state index in [1.54, 1.807) is 24.9 Å². The standard InChI is InChI=1S/C17H23FN2O3/c1-12-5-6-14(15(18)10-12)17(23)20-8-3-4-13(7-9-20)19(2)11-16(21)22/h5-6,10,13H,3-4,7-9,11H2,1-2H3,(H,21,22). The van der Waals surface area contributed by atoms with Gasteiger partial charge in [-0.3, -0.25) is 14.5 Å². The van der Waals surface area contributed by atoms with Crippen LogP contribution in [0.15, 0.2) is 18.2 Å². The molecule has 0 saturated carbocycles. The average Bonchev–Trinajstić information content (AvgIpc) is 2.71. The van der Waals surface area contributed by atoms with Gasteiger partial charge in [-0.05, 0) is 50.9 Å². The Bertz CT molecular complexity index is 591. The van der Waals surface area contributed by atoms with Crippen LogP contribution < -0.4 is 0 Å². The Kier molecular flexibility index (Phi) is 5.71. The van der Waals surface area contributed by atoms with Crippen LogP contribution in [0.2, 0.25) is 0 Å². The molecule has 0 bridgehead atoms. The second kappa shape index (κ2) is 7.55. The molecule has 1 N–H and O–H groups in total.